The van der Waals surface area contributed by atoms with Crippen LogP contribution in [0.1, 0.15) is 11.4 Å². The van der Waals surface area contributed by atoms with E-state index in [9.17, 15) is 0 Å². The molecule has 0 atom stereocenters. The molecule has 0 aliphatic carbocycles. The standard InChI is InChI=1S/C12H11BrN2/c1-8-6-10(7-9(2)14-8)11-4-3-5-12(13)15-11/h3-7H,1-2H3. The Balaban J connectivity index is 2.54. The third kappa shape index (κ3) is 2.42. The minimum atomic E-state index is 0.854. The van der Waals surface area contributed by atoms with Crippen molar-refractivity contribution in [1.29, 1.82) is 0 Å². The molecule has 0 saturated heterocycles. The van der Waals surface area contributed by atoms with E-state index >= 15 is 0 Å². The second kappa shape index (κ2) is 4.11. The molecule has 0 unspecified atom stereocenters. The highest BCUT2D eigenvalue weighted by Crippen LogP contribution is 2.20. The summed E-state index contributed by atoms with van der Waals surface area (Å²) in [4.78, 5) is 8.76. The van der Waals surface area contributed by atoms with Crippen molar-refractivity contribution in [3.63, 3.8) is 0 Å². The van der Waals surface area contributed by atoms with Gasteiger partial charge in [-0.05, 0) is 54.0 Å². The molecule has 0 N–H and O–H groups in total. The van der Waals surface area contributed by atoms with E-state index in [1.807, 2.05) is 44.2 Å². The van der Waals surface area contributed by atoms with E-state index in [0.29, 0.717) is 0 Å². The predicted octanol–water partition coefficient (Wildman–Crippen LogP) is 3.52. The number of hydrogen-bond acceptors (Lipinski definition) is 2. The molecule has 0 bridgehead atoms. The van der Waals surface area contributed by atoms with E-state index in [1.165, 1.54) is 0 Å². The molecular weight excluding hydrogens is 252 g/mol. The number of aromatic nitrogens is 2. The van der Waals surface area contributed by atoms with E-state index in [0.717, 1.165) is 27.2 Å². The van der Waals surface area contributed by atoms with Crippen molar-refractivity contribution < 1.29 is 0 Å². The molecule has 2 heterocycles. The second-order valence-corrected chi connectivity index (χ2v) is 4.30. The zero-order valence-electron chi connectivity index (χ0n) is 8.66. The van der Waals surface area contributed by atoms with Crippen LogP contribution >= 0.6 is 15.9 Å². The van der Waals surface area contributed by atoms with E-state index in [4.69, 9.17) is 0 Å². The molecule has 0 fully saturated rings. The Morgan fingerprint density at radius 2 is 1.67 bits per heavy atom. The maximum atomic E-state index is 4.41. The fourth-order valence-corrected chi connectivity index (χ4v) is 1.90. The van der Waals surface area contributed by atoms with E-state index in [2.05, 4.69) is 25.9 Å². The molecule has 0 saturated carbocycles. The number of aryl methyl sites for hydroxylation is 2. The maximum absolute atomic E-state index is 4.41. The second-order valence-electron chi connectivity index (χ2n) is 3.48. The number of nitrogens with zero attached hydrogens (tertiary/aromatic N) is 2. The van der Waals surface area contributed by atoms with Gasteiger partial charge in [-0.3, -0.25) is 4.98 Å². The summed E-state index contributed by atoms with van der Waals surface area (Å²) < 4.78 is 0.854. The van der Waals surface area contributed by atoms with Gasteiger partial charge >= 0.3 is 0 Å². The normalized spacial score (nSPS) is 10.3. The van der Waals surface area contributed by atoms with Crippen LogP contribution in [0.15, 0.2) is 34.9 Å². The largest absolute Gasteiger partial charge is 0.258 e. The molecule has 76 valence electrons. The van der Waals surface area contributed by atoms with Gasteiger partial charge in [0, 0.05) is 17.0 Å². The Morgan fingerprint density at radius 3 is 2.27 bits per heavy atom. The first-order valence-electron chi connectivity index (χ1n) is 4.73. The quantitative estimate of drug-likeness (QED) is 0.735. The first-order valence-corrected chi connectivity index (χ1v) is 5.53. The van der Waals surface area contributed by atoms with Gasteiger partial charge in [-0.2, -0.15) is 0 Å². The molecule has 0 amide bonds. The lowest BCUT2D eigenvalue weighted by Crippen LogP contribution is -1.90. The van der Waals surface area contributed by atoms with Crippen molar-refractivity contribution in [2.75, 3.05) is 0 Å². The summed E-state index contributed by atoms with van der Waals surface area (Å²) in [5.74, 6) is 0. The topological polar surface area (TPSA) is 25.8 Å². The van der Waals surface area contributed by atoms with Gasteiger partial charge in [0.25, 0.3) is 0 Å². The third-order valence-corrected chi connectivity index (χ3v) is 2.53. The van der Waals surface area contributed by atoms with Crippen molar-refractivity contribution in [2.45, 2.75) is 13.8 Å². The monoisotopic (exact) mass is 262 g/mol. The molecular formula is C12H11BrN2. The van der Waals surface area contributed by atoms with Crippen molar-refractivity contribution in [3.05, 3.63) is 46.3 Å². The fourth-order valence-electron chi connectivity index (χ4n) is 1.55. The van der Waals surface area contributed by atoms with Gasteiger partial charge in [-0.25, -0.2) is 4.98 Å². The molecule has 0 radical (unpaired) electrons. The fraction of sp³-hybridized carbons (Fsp3) is 0.167. The summed E-state index contributed by atoms with van der Waals surface area (Å²) in [6.45, 7) is 3.99. The maximum Gasteiger partial charge on any atom is 0.106 e. The smallest absolute Gasteiger partial charge is 0.106 e. The Morgan fingerprint density at radius 1 is 1.00 bits per heavy atom. The zero-order chi connectivity index (χ0) is 10.8. The number of halogens is 1. The van der Waals surface area contributed by atoms with Crippen LogP contribution in [-0.4, -0.2) is 9.97 Å². The lowest BCUT2D eigenvalue weighted by atomic mass is 10.1. The number of hydrogen-bond donors (Lipinski definition) is 0. The van der Waals surface area contributed by atoms with Crippen LogP contribution in [0.4, 0.5) is 0 Å². The predicted molar refractivity (Wildman–Crippen MR) is 64.6 cm³/mol. The summed E-state index contributed by atoms with van der Waals surface area (Å²) in [7, 11) is 0. The summed E-state index contributed by atoms with van der Waals surface area (Å²) in [6, 6.07) is 9.99. The third-order valence-electron chi connectivity index (χ3n) is 2.09. The van der Waals surface area contributed by atoms with Crippen LogP contribution in [0.5, 0.6) is 0 Å². The molecule has 15 heavy (non-hydrogen) atoms. The van der Waals surface area contributed by atoms with Gasteiger partial charge in [0.15, 0.2) is 0 Å². The van der Waals surface area contributed by atoms with E-state index in [1.54, 1.807) is 0 Å². The van der Waals surface area contributed by atoms with Crippen LogP contribution in [0.2, 0.25) is 0 Å². The van der Waals surface area contributed by atoms with Crippen LogP contribution < -0.4 is 0 Å². The summed E-state index contributed by atoms with van der Waals surface area (Å²) >= 11 is 3.37. The molecule has 3 heteroatoms. The van der Waals surface area contributed by atoms with Gasteiger partial charge < -0.3 is 0 Å². The Labute approximate surface area is 97.5 Å². The Bertz CT molecular complexity index is 474. The SMILES string of the molecule is Cc1cc(-c2cccc(Br)n2)cc(C)n1. The van der Waals surface area contributed by atoms with Crippen molar-refractivity contribution in [2.24, 2.45) is 0 Å². The Hall–Kier alpha value is -1.22. The van der Waals surface area contributed by atoms with Crippen LogP contribution in [-0.2, 0) is 0 Å². The van der Waals surface area contributed by atoms with E-state index in [-0.39, 0.29) is 0 Å². The average Bonchev–Trinajstić information content (AvgIpc) is 2.16. The van der Waals surface area contributed by atoms with Gasteiger partial charge in [0.2, 0.25) is 0 Å². The van der Waals surface area contributed by atoms with Gasteiger partial charge in [0.05, 0.1) is 5.69 Å². The highest BCUT2D eigenvalue weighted by Gasteiger charge is 2.02. The number of pyridine rings is 2. The molecule has 2 aromatic rings. The summed E-state index contributed by atoms with van der Waals surface area (Å²) in [5, 5.41) is 0. The minimum Gasteiger partial charge on any atom is -0.258 e. The summed E-state index contributed by atoms with van der Waals surface area (Å²) in [5.41, 5.74) is 4.12. The Kier molecular flexibility index (Phi) is 2.82. The molecule has 0 spiro atoms. The highest BCUT2D eigenvalue weighted by atomic mass is 79.9. The van der Waals surface area contributed by atoms with Gasteiger partial charge in [-0.15, -0.1) is 0 Å². The van der Waals surface area contributed by atoms with Crippen molar-refractivity contribution >= 4 is 15.9 Å². The van der Waals surface area contributed by atoms with Gasteiger partial charge in [-0.1, -0.05) is 6.07 Å². The molecule has 2 rings (SSSR count). The average molecular weight is 263 g/mol. The molecule has 2 aromatic heterocycles. The lowest BCUT2D eigenvalue weighted by Gasteiger charge is -2.03. The zero-order valence-corrected chi connectivity index (χ0v) is 10.2. The lowest BCUT2D eigenvalue weighted by molar-refractivity contribution is 1.12. The van der Waals surface area contributed by atoms with Crippen molar-refractivity contribution in [1.82, 2.24) is 9.97 Å². The van der Waals surface area contributed by atoms with E-state index < -0.39 is 0 Å². The van der Waals surface area contributed by atoms with Crippen LogP contribution in [0.3, 0.4) is 0 Å². The first-order chi connectivity index (χ1) is 7.15. The number of rotatable bonds is 1. The molecule has 2 nitrogen and oxygen atoms in total. The molecule has 0 aliphatic heterocycles. The summed E-state index contributed by atoms with van der Waals surface area (Å²) in [6.07, 6.45) is 0. The molecule has 0 aliphatic rings. The van der Waals surface area contributed by atoms with Crippen LogP contribution in [0, 0.1) is 13.8 Å². The van der Waals surface area contributed by atoms with Crippen LogP contribution in [0.25, 0.3) is 11.3 Å². The first kappa shape index (κ1) is 10.3. The highest BCUT2D eigenvalue weighted by molar-refractivity contribution is 9.10. The van der Waals surface area contributed by atoms with Gasteiger partial charge in [0.1, 0.15) is 4.60 Å². The molecule has 0 aromatic carbocycles. The minimum absolute atomic E-state index is 0.854. The van der Waals surface area contributed by atoms with Crippen molar-refractivity contribution in [3.8, 4) is 11.3 Å².